The van der Waals surface area contributed by atoms with Gasteiger partial charge in [-0.1, -0.05) is 11.6 Å². The number of esters is 1. The summed E-state index contributed by atoms with van der Waals surface area (Å²) in [6, 6.07) is 2.97. The first-order valence-corrected chi connectivity index (χ1v) is 8.89. The normalized spacial score (nSPS) is 21.9. The maximum Gasteiger partial charge on any atom is 0.332 e. The minimum Gasteiger partial charge on any atom is -0.469 e. The molecule has 0 N–H and O–H groups in total. The highest BCUT2D eigenvalue weighted by atomic mass is 35.5. The molecule has 2 fully saturated rings. The van der Waals surface area contributed by atoms with Gasteiger partial charge in [0.05, 0.1) is 23.7 Å². The van der Waals surface area contributed by atoms with Crippen LogP contribution in [0.25, 0.3) is 0 Å². The van der Waals surface area contributed by atoms with Crippen molar-refractivity contribution in [2.45, 2.75) is 18.9 Å². The van der Waals surface area contributed by atoms with Crippen molar-refractivity contribution in [1.82, 2.24) is 9.80 Å². The van der Waals surface area contributed by atoms with Gasteiger partial charge in [-0.25, -0.2) is 9.69 Å². The van der Waals surface area contributed by atoms with Crippen molar-refractivity contribution in [2.24, 2.45) is 5.92 Å². The number of hydrogen-bond donors (Lipinski definition) is 0. The van der Waals surface area contributed by atoms with Crippen molar-refractivity contribution < 1.29 is 23.9 Å². The Balaban J connectivity index is 2.02. The summed E-state index contributed by atoms with van der Waals surface area (Å²) in [6.07, 6.45) is 1.06. The quantitative estimate of drug-likeness (QED) is 0.577. The molecule has 0 saturated carbocycles. The monoisotopic (exact) mass is 393 g/mol. The van der Waals surface area contributed by atoms with Gasteiger partial charge in [0.1, 0.15) is 6.04 Å². The molecule has 9 heteroatoms. The van der Waals surface area contributed by atoms with Crippen LogP contribution in [-0.4, -0.2) is 67.4 Å². The number of anilines is 1. The van der Waals surface area contributed by atoms with E-state index >= 15 is 0 Å². The topological polar surface area (TPSA) is 87.2 Å². The van der Waals surface area contributed by atoms with Gasteiger partial charge >= 0.3 is 12.0 Å². The van der Waals surface area contributed by atoms with Crippen molar-refractivity contribution in [3.8, 4) is 0 Å². The van der Waals surface area contributed by atoms with Crippen molar-refractivity contribution >= 4 is 41.1 Å². The third-order valence-electron chi connectivity index (χ3n) is 4.89. The molecule has 2 atom stereocenters. The van der Waals surface area contributed by atoms with Crippen LogP contribution in [0.15, 0.2) is 18.2 Å². The standard InChI is InChI=1S/C18H20ClN3O5/c1-20(2)15(23)10-6-7-12(19)13(9-10)22-16(24)14-11(17(25)27-3)5-4-8-21(14)18(22)26/h6-7,9,11,14H,4-5,8H2,1-3H3/t11-,14+/m0/s1. The zero-order chi connectivity index (χ0) is 19.9. The van der Waals surface area contributed by atoms with Gasteiger partial charge in [0.25, 0.3) is 11.8 Å². The van der Waals surface area contributed by atoms with E-state index in [4.69, 9.17) is 16.3 Å². The van der Waals surface area contributed by atoms with Gasteiger partial charge in [0.15, 0.2) is 0 Å². The van der Waals surface area contributed by atoms with Crippen LogP contribution in [0.3, 0.4) is 0 Å². The first kappa shape index (κ1) is 19.2. The minimum atomic E-state index is -0.914. The Morgan fingerprint density at radius 2 is 1.96 bits per heavy atom. The summed E-state index contributed by atoms with van der Waals surface area (Å²) in [6.45, 7) is 0.368. The summed E-state index contributed by atoms with van der Waals surface area (Å²) in [5.74, 6) is -2.05. The average molecular weight is 394 g/mol. The molecule has 0 unspecified atom stereocenters. The zero-order valence-electron chi connectivity index (χ0n) is 15.3. The van der Waals surface area contributed by atoms with Crippen LogP contribution in [0, 0.1) is 5.92 Å². The number of rotatable bonds is 3. The van der Waals surface area contributed by atoms with Crippen molar-refractivity contribution in [2.75, 3.05) is 32.6 Å². The molecule has 0 spiro atoms. The third-order valence-corrected chi connectivity index (χ3v) is 5.21. The fraction of sp³-hybridized carbons (Fsp3) is 0.444. The van der Waals surface area contributed by atoms with Gasteiger partial charge in [-0.15, -0.1) is 0 Å². The maximum absolute atomic E-state index is 13.1. The molecule has 0 aromatic heterocycles. The summed E-state index contributed by atoms with van der Waals surface area (Å²) in [4.78, 5) is 54.0. The number of piperidine rings is 1. The molecule has 144 valence electrons. The Kier molecular flexibility index (Phi) is 5.10. The van der Waals surface area contributed by atoms with Crippen molar-refractivity contribution in [3.05, 3.63) is 28.8 Å². The first-order chi connectivity index (χ1) is 12.8. The number of halogens is 1. The molecule has 2 saturated heterocycles. The summed E-state index contributed by atoms with van der Waals surface area (Å²) < 4.78 is 4.80. The lowest BCUT2D eigenvalue weighted by Gasteiger charge is -2.31. The number of carbonyl (C=O) groups excluding carboxylic acids is 4. The number of hydrogen-bond acceptors (Lipinski definition) is 5. The van der Waals surface area contributed by atoms with Gasteiger partial charge in [-0.2, -0.15) is 0 Å². The number of nitrogens with zero attached hydrogens (tertiary/aromatic N) is 3. The average Bonchev–Trinajstić information content (AvgIpc) is 2.91. The molecule has 1 aromatic rings. The predicted molar refractivity (Wildman–Crippen MR) is 97.6 cm³/mol. The fourth-order valence-electron chi connectivity index (χ4n) is 3.57. The molecule has 2 aliphatic rings. The van der Waals surface area contributed by atoms with Crippen LogP contribution in [0.5, 0.6) is 0 Å². The summed E-state index contributed by atoms with van der Waals surface area (Å²) >= 11 is 6.23. The van der Waals surface area contributed by atoms with E-state index in [0.717, 1.165) is 4.90 Å². The molecule has 2 heterocycles. The molecule has 0 aliphatic carbocycles. The van der Waals surface area contributed by atoms with E-state index < -0.39 is 29.9 Å². The summed E-state index contributed by atoms with van der Waals surface area (Å²) in [5, 5.41) is 0.168. The first-order valence-electron chi connectivity index (χ1n) is 8.51. The Morgan fingerprint density at radius 1 is 1.26 bits per heavy atom. The van der Waals surface area contributed by atoms with Gasteiger partial charge in [0, 0.05) is 26.2 Å². The Hall–Kier alpha value is -2.61. The van der Waals surface area contributed by atoms with Crippen molar-refractivity contribution in [3.63, 3.8) is 0 Å². The van der Waals surface area contributed by atoms with E-state index in [1.54, 1.807) is 14.1 Å². The molecular weight excluding hydrogens is 374 g/mol. The second kappa shape index (κ2) is 7.19. The highest BCUT2D eigenvalue weighted by Gasteiger charge is 2.53. The highest BCUT2D eigenvalue weighted by Crippen LogP contribution is 2.37. The molecule has 3 rings (SSSR count). The van der Waals surface area contributed by atoms with Crippen LogP contribution >= 0.6 is 11.6 Å². The van der Waals surface area contributed by atoms with Crippen LogP contribution < -0.4 is 4.90 Å². The molecule has 0 radical (unpaired) electrons. The second-order valence-electron chi connectivity index (χ2n) is 6.73. The van der Waals surface area contributed by atoms with Crippen LogP contribution in [-0.2, 0) is 14.3 Å². The van der Waals surface area contributed by atoms with Gasteiger partial charge in [-0.05, 0) is 31.0 Å². The van der Waals surface area contributed by atoms with Crippen molar-refractivity contribution in [1.29, 1.82) is 0 Å². The second-order valence-corrected chi connectivity index (χ2v) is 7.14. The van der Waals surface area contributed by atoms with E-state index in [-0.39, 0.29) is 16.6 Å². The lowest BCUT2D eigenvalue weighted by molar-refractivity contribution is -0.150. The van der Waals surface area contributed by atoms with Crippen LogP contribution in [0.1, 0.15) is 23.2 Å². The van der Waals surface area contributed by atoms with E-state index in [0.29, 0.717) is 24.9 Å². The van der Waals surface area contributed by atoms with E-state index in [2.05, 4.69) is 0 Å². The predicted octanol–water partition coefficient (Wildman–Crippen LogP) is 1.76. The SMILES string of the molecule is COC(=O)[C@H]1CCCN2C(=O)N(c3cc(C(=O)N(C)C)ccc3Cl)C(=O)[C@@H]12. The molecule has 4 amide bonds. The number of amides is 4. The smallest absolute Gasteiger partial charge is 0.332 e. The summed E-state index contributed by atoms with van der Waals surface area (Å²) in [7, 11) is 4.46. The molecular formula is C18H20ClN3O5. The Labute approximate surface area is 161 Å². The zero-order valence-corrected chi connectivity index (χ0v) is 16.0. The van der Waals surface area contributed by atoms with E-state index in [9.17, 15) is 19.2 Å². The third kappa shape index (κ3) is 3.14. The number of imide groups is 1. The molecule has 8 nitrogen and oxygen atoms in total. The number of benzene rings is 1. The van der Waals surface area contributed by atoms with Gasteiger partial charge in [-0.3, -0.25) is 14.4 Å². The molecule has 2 aliphatic heterocycles. The lowest BCUT2D eigenvalue weighted by atomic mass is 9.89. The molecule has 0 bridgehead atoms. The van der Waals surface area contributed by atoms with E-state index in [1.807, 2.05) is 0 Å². The van der Waals surface area contributed by atoms with Gasteiger partial charge < -0.3 is 14.5 Å². The maximum atomic E-state index is 13.1. The molecule has 27 heavy (non-hydrogen) atoms. The van der Waals surface area contributed by atoms with Crippen LogP contribution in [0.4, 0.5) is 10.5 Å². The number of methoxy groups -OCH3 is 1. The Bertz CT molecular complexity index is 825. The van der Waals surface area contributed by atoms with Gasteiger partial charge in [0.2, 0.25) is 0 Å². The largest absolute Gasteiger partial charge is 0.469 e. The Morgan fingerprint density at radius 3 is 2.59 bits per heavy atom. The minimum absolute atomic E-state index is 0.136. The number of carbonyl (C=O) groups is 4. The highest BCUT2D eigenvalue weighted by molar-refractivity contribution is 6.36. The number of ether oxygens (including phenoxy) is 1. The summed E-state index contributed by atoms with van der Waals surface area (Å²) in [5.41, 5.74) is 0.437. The molecule has 1 aromatic carbocycles. The van der Waals surface area contributed by atoms with Crippen LogP contribution in [0.2, 0.25) is 5.02 Å². The number of fused-ring (bicyclic) bond motifs is 1. The van der Waals surface area contributed by atoms with E-state index in [1.165, 1.54) is 35.1 Å². The number of urea groups is 1. The lowest BCUT2D eigenvalue weighted by Crippen LogP contribution is -2.48. The fourth-order valence-corrected chi connectivity index (χ4v) is 3.77.